The molecule has 0 unspecified atom stereocenters. The first-order chi connectivity index (χ1) is 22.7. The number of amides is 7. The van der Waals surface area contributed by atoms with Crippen LogP contribution in [0.1, 0.15) is 78.7 Å². The molecule has 0 saturated carbocycles. The van der Waals surface area contributed by atoms with Crippen LogP contribution in [0.2, 0.25) is 0 Å². The van der Waals surface area contributed by atoms with Gasteiger partial charge in [-0.25, -0.2) is 10.2 Å². The van der Waals surface area contributed by atoms with E-state index in [9.17, 15) is 28.8 Å². The van der Waals surface area contributed by atoms with Crippen molar-refractivity contribution < 1.29 is 28.8 Å². The first-order valence-electron chi connectivity index (χ1n) is 16.8. The Morgan fingerprint density at radius 1 is 0.854 bits per heavy atom. The Morgan fingerprint density at radius 2 is 1.50 bits per heavy atom. The fourth-order valence-corrected chi connectivity index (χ4v) is 5.47. The maximum Gasteiger partial charge on any atom is 0.326 e. The molecule has 10 N–H and O–H groups in total. The average molecular weight is 674 g/mol. The number of primary amides is 2. The second-order valence-electron chi connectivity index (χ2n) is 13.1. The minimum Gasteiger partial charge on any atom is -0.368 e. The van der Waals surface area contributed by atoms with Crippen LogP contribution in [0.15, 0.2) is 30.3 Å². The molecule has 48 heavy (non-hydrogen) atoms. The zero-order chi connectivity index (χ0) is 35.8. The lowest BCUT2D eigenvalue weighted by Gasteiger charge is -2.31. The fraction of sp³-hybridized carbons (Fsp3) is 0.636. The molecule has 1 aliphatic heterocycles. The summed E-state index contributed by atoms with van der Waals surface area (Å²) in [5.74, 6) is -2.67. The monoisotopic (exact) mass is 673 g/mol. The van der Waals surface area contributed by atoms with Gasteiger partial charge in [-0.05, 0) is 69.9 Å². The number of benzene rings is 1. The second-order valence-corrected chi connectivity index (χ2v) is 13.1. The topological polar surface area (TPSA) is 230 Å². The van der Waals surface area contributed by atoms with Crippen molar-refractivity contribution >= 4 is 35.6 Å². The molecule has 1 saturated heterocycles. The molecule has 15 nitrogen and oxygen atoms in total. The summed E-state index contributed by atoms with van der Waals surface area (Å²) in [4.78, 5) is 78.8. The van der Waals surface area contributed by atoms with Gasteiger partial charge < -0.3 is 37.6 Å². The average Bonchev–Trinajstić information content (AvgIpc) is 3.52. The van der Waals surface area contributed by atoms with Crippen LogP contribution in [0.3, 0.4) is 0 Å². The highest BCUT2D eigenvalue weighted by molar-refractivity contribution is 5.96. The Balaban J connectivity index is 2.26. The first kappa shape index (κ1) is 39.9. The molecule has 1 aliphatic rings. The van der Waals surface area contributed by atoms with Crippen molar-refractivity contribution in [2.24, 2.45) is 17.4 Å². The van der Waals surface area contributed by atoms with Gasteiger partial charge in [-0.1, -0.05) is 58.0 Å². The van der Waals surface area contributed by atoms with E-state index in [-0.39, 0.29) is 18.8 Å². The first-order valence-corrected chi connectivity index (χ1v) is 16.8. The molecule has 1 heterocycles. The van der Waals surface area contributed by atoms with Gasteiger partial charge in [0.25, 0.3) is 0 Å². The molecule has 1 aromatic rings. The largest absolute Gasteiger partial charge is 0.368 e. The predicted octanol–water partition coefficient (Wildman–Crippen LogP) is -0.0644. The van der Waals surface area contributed by atoms with Gasteiger partial charge in [0.2, 0.25) is 29.5 Å². The van der Waals surface area contributed by atoms with Crippen molar-refractivity contribution in [2.45, 2.75) is 116 Å². The Labute approximate surface area is 283 Å². The van der Waals surface area contributed by atoms with Gasteiger partial charge in [0.15, 0.2) is 0 Å². The van der Waals surface area contributed by atoms with Crippen molar-refractivity contribution in [3.8, 4) is 0 Å². The summed E-state index contributed by atoms with van der Waals surface area (Å²) in [6, 6.07) is 3.94. The molecule has 7 amide bonds. The van der Waals surface area contributed by atoms with Crippen LogP contribution < -0.4 is 43.6 Å². The highest BCUT2D eigenvalue weighted by atomic mass is 16.2. The van der Waals surface area contributed by atoms with E-state index in [0.29, 0.717) is 38.3 Å². The molecule has 2 rings (SSSR count). The van der Waals surface area contributed by atoms with Crippen molar-refractivity contribution in [2.75, 3.05) is 13.1 Å². The van der Waals surface area contributed by atoms with Crippen LogP contribution in [0, 0.1) is 5.92 Å². The number of hydrogen-bond acceptors (Lipinski definition) is 8. The SMILES string of the molecule is CC(C)C[C@H](NC(=O)[C@@H](Cc1ccccc1)NNC(N)=O)C(=O)N[C@@H](CCCCNC(C)C)C(=O)N1CCC[C@H]1C(=O)N[C@H](C)C(N)=O. The Morgan fingerprint density at radius 3 is 2.10 bits per heavy atom. The van der Waals surface area contributed by atoms with Crippen LogP contribution in [0.4, 0.5) is 4.79 Å². The Kier molecular flexibility index (Phi) is 16.8. The summed E-state index contributed by atoms with van der Waals surface area (Å²) in [6.07, 6.45) is 3.14. The van der Waals surface area contributed by atoms with E-state index >= 15 is 0 Å². The molecule has 0 aliphatic carbocycles. The summed E-state index contributed by atoms with van der Waals surface area (Å²) in [7, 11) is 0. The lowest BCUT2D eigenvalue weighted by molar-refractivity contribution is -0.142. The lowest BCUT2D eigenvalue weighted by Crippen LogP contribution is -2.60. The fourth-order valence-electron chi connectivity index (χ4n) is 5.47. The number of carbonyl (C=O) groups is 6. The van der Waals surface area contributed by atoms with E-state index in [2.05, 4.69) is 32.1 Å². The third-order valence-corrected chi connectivity index (χ3v) is 8.02. The number of nitrogens with two attached hydrogens (primary N) is 2. The number of nitrogens with one attached hydrogen (secondary N) is 6. The number of hydrogen-bond donors (Lipinski definition) is 8. The quantitative estimate of drug-likeness (QED) is 0.0689. The highest BCUT2D eigenvalue weighted by Crippen LogP contribution is 2.20. The van der Waals surface area contributed by atoms with Gasteiger partial charge in [0, 0.05) is 12.6 Å². The summed E-state index contributed by atoms with van der Waals surface area (Å²) >= 11 is 0. The molecule has 0 spiro atoms. The number of hydrazine groups is 1. The van der Waals surface area contributed by atoms with Crippen molar-refractivity contribution in [1.82, 2.24) is 37.0 Å². The van der Waals surface area contributed by atoms with E-state index in [1.54, 1.807) is 0 Å². The van der Waals surface area contributed by atoms with Crippen molar-refractivity contribution in [3.63, 3.8) is 0 Å². The third kappa shape index (κ3) is 13.9. The molecule has 268 valence electrons. The minimum absolute atomic E-state index is 0.000454. The van der Waals surface area contributed by atoms with E-state index in [4.69, 9.17) is 11.5 Å². The minimum atomic E-state index is -1.00. The molecule has 1 aromatic carbocycles. The zero-order valence-corrected chi connectivity index (χ0v) is 28.8. The van der Waals surface area contributed by atoms with E-state index in [1.165, 1.54) is 11.8 Å². The zero-order valence-electron chi connectivity index (χ0n) is 28.8. The van der Waals surface area contributed by atoms with Gasteiger partial charge >= 0.3 is 6.03 Å². The molecule has 0 aromatic heterocycles. The molecular weight excluding hydrogens is 618 g/mol. The maximum absolute atomic E-state index is 14.0. The number of rotatable bonds is 20. The number of nitrogens with zero attached hydrogens (tertiary/aromatic N) is 1. The lowest BCUT2D eigenvalue weighted by atomic mass is 10.00. The molecule has 1 fully saturated rings. The number of urea groups is 1. The summed E-state index contributed by atoms with van der Waals surface area (Å²) in [5.41, 5.74) is 16.3. The summed E-state index contributed by atoms with van der Waals surface area (Å²) in [5, 5.41) is 11.6. The Bertz CT molecular complexity index is 1230. The van der Waals surface area contributed by atoms with Crippen LogP contribution in [0.5, 0.6) is 0 Å². The van der Waals surface area contributed by atoms with E-state index in [1.807, 2.05) is 58.0 Å². The van der Waals surface area contributed by atoms with E-state index < -0.39 is 65.8 Å². The third-order valence-electron chi connectivity index (χ3n) is 8.02. The molecular formula is C33H55N9O6. The van der Waals surface area contributed by atoms with E-state index in [0.717, 1.165) is 18.5 Å². The van der Waals surface area contributed by atoms with Gasteiger partial charge in [-0.15, -0.1) is 0 Å². The highest BCUT2D eigenvalue weighted by Gasteiger charge is 2.39. The van der Waals surface area contributed by atoms with Crippen LogP contribution in [-0.4, -0.2) is 89.8 Å². The molecule has 15 heteroatoms. The van der Waals surface area contributed by atoms with Crippen molar-refractivity contribution in [3.05, 3.63) is 35.9 Å². The molecule has 0 radical (unpaired) electrons. The van der Waals surface area contributed by atoms with Gasteiger partial charge in [0.1, 0.15) is 30.2 Å². The predicted molar refractivity (Wildman–Crippen MR) is 182 cm³/mol. The normalized spacial score (nSPS) is 16.9. The Hall–Kier alpha value is -4.24. The summed E-state index contributed by atoms with van der Waals surface area (Å²) in [6.45, 7) is 10.4. The number of likely N-dealkylation sites (tertiary alicyclic amines) is 1. The molecule has 5 atom stereocenters. The van der Waals surface area contributed by atoms with Gasteiger partial charge in [-0.2, -0.15) is 0 Å². The standard InChI is InChI=1S/C33H55N9O6/c1-20(2)18-25(39-30(45)26(40-41-33(35)48)19-23-12-7-6-8-13-23)29(44)38-24(14-9-10-16-36-21(3)4)32(47)42-17-11-15-27(42)31(46)37-22(5)28(34)43/h6-8,12-13,20-22,24-27,36,40H,9-11,14-19H2,1-5H3,(H2,34,43)(H,37,46)(H,38,44)(H,39,45)(H3,35,41,48)/t22-,24+,25+,26-,27+/m1/s1. The van der Waals surface area contributed by atoms with Crippen molar-refractivity contribution in [1.29, 1.82) is 0 Å². The summed E-state index contributed by atoms with van der Waals surface area (Å²) < 4.78 is 0. The molecule has 0 bridgehead atoms. The smallest absolute Gasteiger partial charge is 0.326 e. The number of carbonyl (C=O) groups excluding carboxylic acids is 6. The van der Waals surface area contributed by atoms with Crippen LogP contribution in [-0.2, 0) is 30.4 Å². The maximum atomic E-state index is 14.0. The van der Waals surface area contributed by atoms with Crippen LogP contribution in [0.25, 0.3) is 0 Å². The van der Waals surface area contributed by atoms with Gasteiger partial charge in [-0.3, -0.25) is 29.4 Å². The number of unbranched alkanes of at least 4 members (excludes halogenated alkanes) is 1. The van der Waals surface area contributed by atoms with Gasteiger partial charge in [0.05, 0.1) is 0 Å². The second kappa shape index (κ2) is 20.2. The van der Waals surface area contributed by atoms with Crippen LogP contribution >= 0.6 is 0 Å².